The summed E-state index contributed by atoms with van der Waals surface area (Å²) >= 11 is 0. The third-order valence-corrected chi connectivity index (χ3v) is 4.28. The van der Waals surface area contributed by atoms with Gasteiger partial charge >= 0.3 is 0 Å². The monoisotopic (exact) mass is 240 g/mol. The van der Waals surface area contributed by atoms with E-state index in [0.717, 1.165) is 25.0 Å². The Bertz CT molecular complexity index is 196. The molecule has 100 valence electrons. The summed E-state index contributed by atoms with van der Waals surface area (Å²) in [5.74, 6) is 1.76. The van der Waals surface area contributed by atoms with Gasteiger partial charge in [0.1, 0.15) is 0 Å². The average Bonchev–Trinajstić information content (AvgIpc) is 2.39. The van der Waals surface area contributed by atoms with Crippen LogP contribution in [0.3, 0.4) is 0 Å². The highest BCUT2D eigenvalue weighted by atomic mass is 16.5. The van der Waals surface area contributed by atoms with E-state index in [-0.39, 0.29) is 0 Å². The van der Waals surface area contributed by atoms with E-state index in [9.17, 15) is 0 Å². The van der Waals surface area contributed by atoms with Crippen LogP contribution in [0.1, 0.15) is 32.1 Å². The molecule has 2 aliphatic heterocycles. The number of nitrogens with one attached hydrogen (secondary N) is 1. The minimum Gasteiger partial charge on any atom is -0.381 e. The van der Waals surface area contributed by atoms with E-state index in [2.05, 4.69) is 17.3 Å². The summed E-state index contributed by atoms with van der Waals surface area (Å²) in [6, 6.07) is 0. The van der Waals surface area contributed by atoms with Gasteiger partial charge in [0.05, 0.1) is 6.61 Å². The zero-order valence-electron chi connectivity index (χ0n) is 11.3. The molecule has 0 saturated carbocycles. The number of rotatable bonds is 5. The lowest BCUT2D eigenvalue weighted by atomic mass is 9.92. The summed E-state index contributed by atoms with van der Waals surface area (Å²) in [4.78, 5) is 2.66. The zero-order valence-corrected chi connectivity index (χ0v) is 11.3. The number of hydrogen-bond acceptors (Lipinski definition) is 3. The molecule has 1 atom stereocenters. The lowest BCUT2D eigenvalue weighted by Crippen LogP contribution is -2.39. The van der Waals surface area contributed by atoms with Gasteiger partial charge in [-0.15, -0.1) is 0 Å². The molecule has 3 heteroatoms. The highest BCUT2D eigenvalue weighted by Gasteiger charge is 2.22. The van der Waals surface area contributed by atoms with Crippen LogP contribution in [0.2, 0.25) is 0 Å². The number of ether oxygens (including phenoxy) is 1. The summed E-state index contributed by atoms with van der Waals surface area (Å²) in [6.45, 7) is 7.07. The molecule has 2 heterocycles. The largest absolute Gasteiger partial charge is 0.381 e. The van der Waals surface area contributed by atoms with Gasteiger partial charge in [-0.25, -0.2) is 0 Å². The molecular weight excluding hydrogens is 212 g/mol. The maximum absolute atomic E-state index is 5.56. The van der Waals surface area contributed by atoms with Gasteiger partial charge in [-0.05, 0) is 70.6 Å². The molecule has 2 rings (SSSR count). The molecule has 0 amide bonds. The molecule has 17 heavy (non-hydrogen) atoms. The van der Waals surface area contributed by atoms with E-state index in [1.54, 1.807) is 0 Å². The van der Waals surface area contributed by atoms with Gasteiger partial charge in [0.15, 0.2) is 0 Å². The van der Waals surface area contributed by atoms with Crippen molar-refractivity contribution in [2.24, 2.45) is 11.8 Å². The summed E-state index contributed by atoms with van der Waals surface area (Å²) in [6.07, 6.45) is 6.80. The van der Waals surface area contributed by atoms with Crippen LogP contribution in [-0.4, -0.2) is 51.3 Å². The van der Waals surface area contributed by atoms with E-state index in [4.69, 9.17) is 4.74 Å². The first-order chi connectivity index (χ1) is 8.38. The van der Waals surface area contributed by atoms with Crippen LogP contribution in [0.25, 0.3) is 0 Å². The normalized spacial score (nSPS) is 28.4. The first kappa shape index (κ1) is 13.3. The van der Waals surface area contributed by atoms with E-state index < -0.39 is 0 Å². The van der Waals surface area contributed by atoms with Gasteiger partial charge in [-0.3, -0.25) is 0 Å². The zero-order chi connectivity index (χ0) is 11.9. The second-order valence-electron chi connectivity index (χ2n) is 5.72. The Labute approximate surface area is 106 Å². The van der Waals surface area contributed by atoms with Gasteiger partial charge in [0.2, 0.25) is 0 Å². The van der Waals surface area contributed by atoms with E-state index in [0.29, 0.717) is 0 Å². The van der Waals surface area contributed by atoms with E-state index in [1.165, 1.54) is 58.3 Å². The highest BCUT2D eigenvalue weighted by molar-refractivity contribution is 4.76. The van der Waals surface area contributed by atoms with Gasteiger partial charge in [0.25, 0.3) is 0 Å². The topological polar surface area (TPSA) is 24.5 Å². The van der Waals surface area contributed by atoms with Crippen molar-refractivity contribution in [2.75, 3.05) is 46.4 Å². The molecule has 1 unspecified atom stereocenters. The predicted molar refractivity (Wildman–Crippen MR) is 71.3 cm³/mol. The maximum Gasteiger partial charge on any atom is 0.0506 e. The Kier molecular flexibility index (Phi) is 5.75. The van der Waals surface area contributed by atoms with Gasteiger partial charge in [-0.1, -0.05) is 0 Å². The van der Waals surface area contributed by atoms with Crippen molar-refractivity contribution < 1.29 is 4.74 Å². The molecule has 2 aliphatic rings. The first-order valence-electron chi connectivity index (χ1n) is 7.33. The average molecular weight is 240 g/mol. The van der Waals surface area contributed by atoms with Crippen LogP contribution in [-0.2, 0) is 4.74 Å². The van der Waals surface area contributed by atoms with E-state index >= 15 is 0 Å². The second-order valence-corrected chi connectivity index (χ2v) is 5.72. The lowest BCUT2D eigenvalue weighted by molar-refractivity contribution is 0.0324. The Morgan fingerprint density at radius 1 is 1.18 bits per heavy atom. The Morgan fingerprint density at radius 2 is 2.00 bits per heavy atom. The van der Waals surface area contributed by atoms with Crippen molar-refractivity contribution in [3.05, 3.63) is 0 Å². The van der Waals surface area contributed by atoms with Gasteiger partial charge in [-0.2, -0.15) is 0 Å². The van der Waals surface area contributed by atoms with Crippen molar-refractivity contribution in [1.82, 2.24) is 10.2 Å². The Hall–Kier alpha value is -0.120. The molecule has 0 aromatic rings. The summed E-state index contributed by atoms with van der Waals surface area (Å²) in [5, 5.41) is 3.26. The molecule has 0 bridgehead atoms. The van der Waals surface area contributed by atoms with Crippen LogP contribution in [0, 0.1) is 11.8 Å². The molecule has 1 N–H and O–H groups in total. The first-order valence-corrected chi connectivity index (χ1v) is 7.33. The van der Waals surface area contributed by atoms with Crippen molar-refractivity contribution in [2.45, 2.75) is 32.1 Å². The summed E-state index contributed by atoms with van der Waals surface area (Å²) < 4.78 is 5.56. The molecule has 0 radical (unpaired) electrons. The fourth-order valence-electron chi connectivity index (χ4n) is 3.12. The van der Waals surface area contributed by atoms with Crippen LogP contribution in [0.15, 0.2) is 0 Å². The van der Waals surface area contributed by atoms with Crippen LogP contribution < -0.4 is 5.32 Å². The molecule has 3 nitrogen and oxygen atoms in total. The van der Waals surface area contributed by atoms with Crippen molar-refractivity contribution >= 4 is 0 Å². The fourth-order valence-corrected chi connectivity index (χ4v) is 3.12. The summed E-state index contributed by atoms with van der Waals surface area (Å²) in [7, 11) is 2.05. The number of piperidine rings is 1. The Morgan fingerprint density at radius 3 is 2.65 bits per heavy atom. The number of likely N-dealkylation sites (tertiary alicyclic amines) is 1. The van der Waals surface area contributed by atoms with Crippen LogP contribution >= 0.6 is 0 Å². The minimum atomic E-state index is 0.803. The van der Waals surface area contributed by atoms with E-state index in [1.807, 2.05) is 0 Å². The molecule has 2 saturated heterocycles. The fraction of sp³-hybridized carbons (Fsp3) is 1.00. The number of hydrogen-bond donors (Lipinski definition) is 1. The molecule has 0 aliphatic carbocycles. The van der Waals surface area contributed by atoms with Crippen LogP contribution in [0.4, 0.5) is 0 Å². The van der Waals surface area contributed by atoms with Crippen molar-refractivity contribution in [3.8, 4) is 0 Å². The molecular formula is C14H28N2O. The maximum atomic E-state index is 5.56. The highest BCUT2D eigenvalue weighted by Crippen LogP contribution is 2.22. The minimum absolute atomic E-state index is 0.803. The molecule has 2 fully saturated rings. The summed E-state index contributed by atoms with van der Waals surface area (Å²) in [5.41, 5.74) is 0. The lowest BCUT2D eigenvalue weighted by Gasteiger charge is -2.35. The van der Waals surface area contributed by atoms with Gasteiger partial charge < -0.3 is 15.0 Å². The second kappa shape index (κ2) is 7.34. The third-order valence-electron chi connectivity index (χ3n) is 4.28. The van der Waals surface area contributed by atoms with Crippen molar-refractivity contribution in [3.63, 3.8) is 0 Å². The quantitative estimate of drug-likeness (QED) is 0.792. The molecule has 0 spiro atoms. The third kappa shape index (κ3) is 4.57. The molecule has 0 aromatic heterocycles. The number of nitrogens with zero attached hydrogens (tertiary/aromatic N) is 1. The van der Waals surface area contributed by atoms with Gasteiger partial charge in [0, 0.05) is 13.2 Å². The molecule has 0 aromatic carbocycles. The standard InChI is InChI=1S/C14H28N2O/c1-15-7-4-13-5-8-16(9-6-13)11-14-3-2-10-17-12-14/h13-15H,2-12H2,1H3. The SMILES string of the molecule is CNCCC1CCN(CC2CCCOC2)CC1. The smallest absolute Gasteiger partial charge is 0.0506 e. The Balaban J connectivity index is 1.61. The van der Waals surface area contributed by atoms with Crippen molar-refractivity contribution in [1.29, 1.82) is 0 Å². The van der Waals surface area contributed by atoms with Crippen LogP contribution in [0.5, 0.6) is 0 Å². The predicted octanol–water partition coefficient (Wildman–Crippen LogP) is 1.73.